The quantitative estimate of drug-likeness (QED) is 0.292. The van der Waals surface area contributed by atoms with Gasteiger partial charge in [-0.25, -0.2) is 0 Å². The molecule has 0 aliphatic carbocycles. The first-order valence-corrected chi connectivity index (χ1v) is 18.9. The summed E-state index contributed by atoms with van der Waals surface area (Å²) in [5.74, 6) is 0.698. The molecule has 0 spiro atoms. The molecule has 3 aromatic rings. The summed E-state index contributed by atoms with van der Waals surface area (Å²) in [5, 5.41) is 0. The van der Waals surface area contributed by atoms with Crippen molar-refractivity contribution < 1.29 is 0 Å². The Morgan fingerprint density at radius 2 is 0.727 bits per heavy atom. The van der Waals surface area contributed by atoms with E-state index in [0.29, 0.717) is 5.92 Å². The summed E-state index contributed by atoms with van der Waals surface area (Å²) < 4.78 is 6.49. The van der Waals surface area contributed by atoms with Gasteiger partial charge in [-0.1, -0.05) is 0 Å². The standard InChI is InChI=1S/3C9H11.C5H11.Sn/c3*1-7-4-8(2)6-9(3)5-7;1-4-5(2)3;/h3*4-5H,1-3H3;5H,1,4H2,2-3H3;. The first kappa shape index (κ1) is 26.1. The van der Waals surface area contributed by atoms with Crippen LogP contribution in [0.4, 0.5) is 0 Å². The molecule has 1 heteroatoms. The summed E-state index contributed by atoms with van der Waals surface area (Å²) in [6, 6.07) is 14.7. The second kappa shape index (κ2) is 9.98. The van der Waals surface area contributed by atoms with Crippen molar-refractivity contribution in [2.45, 2.75) is 87.0 Å². The molecule has 0 nitrogen and oxygen atoms in total. The van der Waals surface area contributed by atoms with E-state index >= 15 is 0 Å². The predicted molar refractivity (Wildman–Crippen MR) is 151 cm³/mol. The van der Waals surface area contributed by atoms with Gasteiger partial charge in [0.1, 0.15) is 0 Å². The third-order valence-corrected chi connectivity index (χ3v) is 24.4. The van der Waals surface area contributed by atoms with E-state index in [2.05, 4.69) is 113 Å². The molecule has 0 aromatic heterocycles. The molecule has 0 bridgehead atoms. The first-order chi connectivity index (χ1) is 15.4. The van der Waals surface area contributed by atoms with Crippen LogP contribution >= 0.6 is 0 Å². The molecule has 0 fully saturated rings. The van der Waals surface area contributed by atoms with Gasteiger partial charge < -0.3 is 0 Å². The molecule has 0 saturated heterocycles. The molecule has 176 valence electrons. The van der Waals surface area contributed by atoms with Crippen LogP contribution in [0.1, 0.15) is 70.3 Å². The first-order valence-electron chi connectivity index (χ1n) is 12.6. The summed E-state index contributed by atoms with van der Waals surface area (Å²) >= 11 is -3.42. The van der Waals surface area contributed by atoms with E-state index in [9.17, 15) is 0 Å². The Bertz CT molecular complexity index is 971. The zero-order valence-electron chi connectivity index (χ0n) is 23.0. The van der Waals surface area contributed by atoms with Crippen LogP contribution in [0.15, 0.2) is 36.4 Å². The Morgan fingerprint density at radius 3 is 0.939 bits per heavy atom. The van der Waals surface area contributed by atoms with Crippen LogP contribution in [0.3, 0.4) is 0 Å². The van der Waals surface area contributed by atoms with Gasteiger partial charge in [0, 0.05) is 0 Å². The third kappa shape index (κ3) is 4.97. The molecule has 3 aromatic carbocycles. The zero-order chi connectivity index (χ0) is 24.7. The Hall–Kier alpha value is -1.54. The Kier molecular flexibility index (Phi) is 7.89. The van der Waals surface area contributed by atoms with Gasteiger partial charge in [0.05, 0.1) is 0 Å². The van der Waals surface area contributed by atoms with Gasteiger partial charge in [0.15, 0.2) is 0 Å². The molecule has 0 unspecified atom stereocenters. The normalized spacial score (nSPS) is 12.0. The van der Waals surface area contributed by atoms with Gasteiger partial charge >= 0.3 is 209 Å². The zero-order valence-corrected chi connectivity index (χ0v) is 25.8. The topological polar surface area (TPSA) is 0 Å². The van der Waals surface area contributed by atoms with Crippen LogP contribution in [-0.4, -0.2) is 18.4 Å². The molecule has 0 N–H and O–H groups in total. The monoisotopic (exact) mass is 548 g/mol. The van der Waals surface area contributed by atoms with E-state index in [0.717, 1.165) is 0 Å². The predicted octanol–water partition coefficient (Wildman–Crippen LogP) is 6.98. The van der Waals surface area contributed by atoms with Crippen molar-refractivity contribution >= 4 is 29.1 Å². The van der Waals surface area contributed by atoms with Crippen LogP contribution in [0, 0.1) is 68.2 Å². The van der Waals surface area contributed by atoms with Crippen LogP contribution in [0.25, 0.3) is 0 Å². The van der Waals surface area contributed by atoms with Crippen molar-refractivity contribution in [1.29, 1.82) is 0 Å². The fraction of sp³-hybridized carbons (Fsp3) is 0.438. The molecule has 0 aliphatic heterocycles. The van der Waals surface area contributed by atoms with E-state index in [-0.39, 0.29) is 0 Å². The molecule has 0 saturated carbocycles. The second-order valence-electron chi connectivity index (χ2n) is 11.2. The van der Waals surface area contributed by atoms with E-state index in [1.807, 2.05) is 0 Å². The summed E-state index contributed by atoms with van der Waals surface area (Å²) in [4.78, 5) is 0. The van der Waals surface area contributed by atoms with Crippen molar-refractivity contribution in [3.8, 4) is 0 Å². The number of rotatable bonds is 6. The van der Waals surface area contributed by atoms with E-state index in [1.54, 1.807) is 10.7 Å². The fourth-order valence-electron chi connectivity index (χ4n) is 6.81. The SMILES string of the molecule is Cc1cc(C)[c]([Sn]([CH2]CC(C)C)([c]2c(C)cc(C)cc2C)[c]2c(C)cc(C)cc2C)c(C)c1. The van der Waals surface area contributed by atoms with E-state index < -0.39 is 18.4 Å². The molecule has 3 rings (SSSR count). The van der Waals surface area contributed by atoms with Crippen molar-refractivity contribution in [1.82, 2.24) is 0 Å². The van der Waals surface area contributed by atoms with Crippen LogP contribution in [0.5, 0.6) is 0 Å². The maximum atomic E-state index is 2.45. The molecule has 0 amide bonds. The fourth-order valence-corrected chi connectivity index (χ4v) is 26.7. The van der Waals surface area contributed by atoms with Gasteiger partial charge in [-0.15, -0.1) is 0 Å². The number of aryl methyl sites for hydroxylation is 9. The Morgan fingerprint density at radius 1 is 0.485 bits per heavy atom. The minimum absolute atomic E-state index is 0.698. The summed E-state index contributed by atoms with van der Waals surface area (Å²) in [6.07, 6.45) is 1.28. The third-order valence-electron chi connectivity index (χ3n) is 7.41. The van der Waals surface area contributed by atoms with Crippen LogP contribution in [0.2, 0.25) is 4.44 Å². The molecule has 0 radical (unpaired) electrons. The maximum absolute atomic E-state index is 3.42. The van der Waals surface area contributed by atoms with Crippen molar-refractivity contribution in [2.75, 3.05) is 0 Å². The average Bonchev–Trinajstić information content (AvgIpc) is 2.63. The van der Waals surface area contributed by atoms with Gasteiger partial charge in [0.2, 0.25) is 0 Å². The van der Waals surface area contributed by atoms with Gasteiger partial charge in [-0.05, 0) is 0 Å². The van der Waals surface area contributed by atoms with Crippen LogP contribution in [-0.2, 0) is 0 Å². The Labute approximate surface area is 207 Å². The van der Waals surface area contributed by atoms with Crippen molar-refractivity contribution in [3.63, 3.8) is 0 Å². The molecular weight excluding hydrogens is 503 g/mol. The second-order valence-corrected chi connectivity index (χ2v) is 22.0. The molecule has 0 atom stereocenters. The summed E-state index contributed by atoms with van der Waals surface area (Å²) in [6.45, 7) is 25.8. The molecular formula is C32H44Sn. The van der Waals surface area contributed by atoms with Gasteiger partial charge in [-0.3, -0.25) is 0 Å². The molecule has 33 heavy (non-hydrogen) atoms. The number of hydrogen-bond donors (Lipinski definition) is 0. The van der Waals surface area contributed by atoms with Gasteiger partial charge in [0.25, 0.3) is 0 Å². The molecule has 0 aliphatic rings. The van der Waals surface area contributed by atoms with Crippen LogP contribution < -0.4 is 10.7 Å². The van der Waals surface area contributed by atoms with Crippen molar-refractivity contribution in [3.05, 3.63) is 86.5 Å². The average molecular weight is 547 g/mol. The Balaban J connectivity index is 2.62. The van der Waals surface area contributed by atoms with Gasteiger partial charge in [-0.2, -0.15) is 0 Å². The van der Waals surface area contributed by atoms with Crippen molar-refractivity contribution in [2.24, 2.45) is 5.92 Å². The molecule has 0 heterocycles. The van der Waals surface area contributed by atoms with E-state index in [4.69, 9.17) is 0 Å². The minimum atomic E-state index is -3.42. The number of benzene rings is 3. The summed E-state index contributed by atoms with van der Waals surface area (Å²) in [5.41, 5.74) is 13.2. The summed E-state index contributed by atoms with van der Waals surface area (Å²) in [7, 11) is 0. The number of hydrogen-bond acceptors (Lipinski definition) is 0. The van der Waals surface area contributed by atoms with E-state index in [1.165, 1.54) is 60.9 Å².